The third-order valence-electron chi connectivity index (χ3n) is 10.1. The fraction of sp³-hybridized carbons (Fsp3) is 0.234. The van der Waals surface area contributed by atoms with E-state index in [0.717, 1.165) is 0 Å². The van der Waals surface area contributed by atoms with Gasteiger partial charge in [0, 0.05) is 0 Å². The van der Waals surface area contributed by atoms with Gasteiger partial charge < -0.3 is 0 Å². The molecule has 0 bridgehead atoms. The lowest BCUT2D eigenvalue weighted by Crippen LogP contribution is -1.89. The lowest BCUT2D eigenvalue weighted by atomic mass is 9.95. The van der Waals surface area contributed by atoms with Crippen molar-refractivity contribution in [3.8, 4) is 44.5 Å². The van der Waals surface area contributed by atoms with Crippen LogP contribution in [0.3, 0.4) is 0 Å². The summed E-state index contributed by atoms with van der Waals surface area (Å²) >= 11 is 0. The Bertz CT molecular complexity index is 1740. The molecule has 0 aliphatic heterocycles. The normalized spacial score (nSPS) is 11.1. The van der Waals surface area contributed by atoms with Crippen molar-refractivity contribution in [2.75, 3.05) is 0 Å². The highest BCUT2D eigenvalue weighted by molar-refractivity contribution is 5.74. The van der Waals surface area contributed by atoms with Gasteiger partial charge in [0.1, 0.15) is 0 Å². The Morgan fingerprint density at radius 1 is 0.298 bits per heavy atom. The Balaban J connectivity index is 0.902. The van der Waals surface area contributed by atoms with Gasteiger partial charge in [0.15, 0.2) is 0 Å². The van der Waals surface area contributed by atoms with Gasteiger partial charge in [0.05, 0.1) is 0 Å². The van der Waals surface area contributed by atoms with Crippen molar-refractivity contribution < 1.29 is 0 Å². The van der Waals surface area contributed by atoms with Gasteiger partial charge in [-0.25, -0.2) is 0 Å². The standard InChI is InChI=1S/C47H48/c1-34-12-10-16-46(36(34)3)44-30-26-42(27-31-44)40-22-18-38(19-23-40)14-8-6-5-7-9-15-39-20-24-41(25-21-39)43-28-32-45(33-29-43)47-17-11-13-35(2)37(47)4/h10-13,16-33H,5-9,14-15H2,1-4H3. The lowest BCUT2D eigenvalue weighted by Gasteiger charge is -2.10. The Hall–Kier alpha value is -4.68. The third-order valence-corrected chi connectivity index (χ3v) is 10.1. The van der Waals surface area contributed by atoms with Crippen LogP contribution in [0.4, 0.5) is 0 Å². The third kappa shape index (κ3) is 8.01. The first-order valence-corrected chi connectivity index (χ1v) is 17.5. The van der Waals surface area contributed by atoms with Crippen molar-refractivity contribution in [3.63, 3.8) is 0 Å². The molecule has 0 heteroatoms. The quantitative estimate of drug-likeness (QED) is 0.121. The van der Waals surface area contributed by atoms with E-state index in [2.05, 4.69) is 161 Å². The van der Waals surface area contributed by atoms with Crippen LogP contribution in [0.5, 0.6) is 0 Å². The summed E-state index contributed by atoms with van der Waals surface area (Å²) in [6, 6.07) is 49.6. The molecular weight excluding hydrogens is 565 g/mol. The lowest BCUT2D eigenvalue weighted by molar-refractivity contribution is 0.613. The van der Waals surface area contributed by atoms with Crippen molar-refractivity contribution in [1.29, 1.82) is 0 Å². The molecule has 0 fully saturated rings. The first-order valence-electron chi connectivity index (χ1n) is 17.5. The van der Waals surface area contributed by atoms with Crippen LogP contribution in [0.25, 0.3) is 44.5 Å². The van der Waals surface area contributed by atoms with E-state index in [4.69, 9.17) is 0 Å². The largest absolute Gasteiger partial charge is 0.0614 e. The zero-order valence-electron chi connectivity index (χ0n) is 28.7. The van der Waals surface area contributed by atoms with Gasteiger partial charge in [0.25, 0.3) is 0 Å². The fourth-order valence-electron chi connectivity index (χ4n) is 6.73. The molecule has 0 aliphatic rings. The van der Waals surface area contributed by atoms with Crippen molar-refractivity contribution in [2.24, 2.45) is 0 Å². The van der Waals surface area contributed by atoms with Crippen LogP contribution in [-0.4, -0.2) is 0 Å². The molecule has 0 nitrogen and oxygen atoms in total. The molecule has 0 saturated carbocycles. The van der Waals surface area contributed by atoms with Crippen LogP contribution in [0, 0.1) is 27.7 Å². The Morgan fingerprint density at radius 3 is 0.957 bits per heavy atom. The fourth-order valence-corrected chi connectivity index (χ4v) is 6.73. The van der Waals surface area contributed by atoms with E-state index >= 15 is 0 Å². The van der Waals surface area contributed by atoms with E-state index in [0.29, 0.717) is 0 Å². The summed E-state index contributed by atoms with van der Waals surface area (Å²) in [5, 5.41) is 0. The second-order valence-corrected chi connectivity index (χ2v) is 13.3. The number of unbranched alkanes of at least 4 members (excludes halogenated alkanes) is 4. The molecule has 236 valence electrons. The average molecular weight is 613 g/mol. The number of hydrogen-bond donors (Lipinski definition) is 0. The number of aryl methyl sites for hydroxylation is 4. The zero-order chi connectivity index (χ0) is 32.6. The number of benzene rings is 6. The molecule has 47 heavy (non-hydrogen) atoms. The second kappa shape index (κ2) is 15.3. The van der Waals surface area contributed by atoms with Crippen LogP contribution in [0.2, 0.25) is 0 Å². The Kier molecular flexibility index (Phi) is 10.5. The van der Waals surface area contributed by atoms with Gasteiger partial charge >= 0.3 is 0 Å². The maximum absolute atomic E-state index is 2.32. The van der Waals surface area contributed by atoms with E-state index in [-0.39, 0.29) is 0 Å². The zero-order valence-corrected chi connectivity index (χ0v) is 28.7. The SMILES string of the molecule is Cc1cccc(-c2ccc(-c3ccc(CCCCCCCc4ccc(-c5ccc(-c6cccc(C)c6C)cc5)cc4)cc3)cc2)c1C. The molecule has 0 N–H and O–H groups in total. The van der Waals surface area contributed by atoms with Crippen LogP contribution in [0.15, 0.2) is 133 Å². The summed E-state index contributed by atoms with van der Waals surface area (Å²) in [6.07, 6.45) is 8.78. The van der Waals surface area contributed by atoms with E-state index in [1.807, 2.05) is 0 Å². The van der Waals surface area contributed by atoms with Gasteiger partial charge in [-0.2, -0.15) is 0 Å². The molecule has 6 aromatic rings. The summed E-state index contributed by atoms with van der Waals surface area (Å²) in [5.41, 5.74) is 18.7. The van der Waals surface area contributed by atoms with Crippen LogP contribution >= 0.6 is 0 Å². The van der Waals surface area contributed by atoms with Crippen molar-refractivity contribution in [1.82, 2.24) is 0 Å². The number of rotatable bonds is 12. The molecule has 0 aliphatic carbocycles. The highest BCUT2D eigenvalue weighted by atomic mass is 14.1. The molecule has 0 radical (unpaired) electrons. The Labute approximate surface area is 283 Å². The first-order chi connectivity index (χ1) is 23.0. The van der Waals surface area contributed by atoms with Crippen LogP contribution in [0.1, 0.15) is 65.5 Å². The highest BCUT2D eigenvalue weighted by Crippen LogP contribution is 2.30. The summed E-state index contributed by atoms with van der Waals surface area (Å²) in [7, 11) is 0. The molecule has 0 amide bonds. The van der Waals surface area contributed by atoms with Gasteiger partial charge in [-0.3, -0.25) is 0 Å². The predicted octanol–water partition coefficient (Wildman–Crippen LogP) is 13.3. The van der Waals surface area contributed by atoms with Gasteiger partial charge in [-0.15, -0.1) is 0 Å². The summed E-state index contributed by atoms with van der Waals surface area (Å²) in [6.45, 7) is 8.80. The van der Waals surface area contributed by atoms with Crippen molar-refractivity contribution >= 4 is 0 Å². The smallest absolute Gasteiger partial charge is 0.0152 e. The minimum atomic E-state index is 1.17. The van der Waals surface area contributed by atoms with Gasteiger partial charge in [-0.05, 0) is 131 Å². The summed E-state index contributed by atoms with van der Waals surface area (Å²) < 4.78 is 0. The minimum Gasteiger partial charge on any atom is -0.0614 e. The molecule has 0 unspecified atom stereocenters. The highest BCUT2D eigenvalue weighted by Gasteiger charge is 2.07. The summed E-state index contributed by atoms with van der Waals surface area (Å²) in [5.74, 6) is 0. The van der Waals surface area contributed by atoms with E-state index in [9.17, 15) is 0 Å². The van der Waals surface area contributed by atoms with Gasteiger partial charge in [-0.1, -0.05) is 153 Å². The van der Waals surface area contributed by atoms with E-state index in [1.165, 1.54) is 123 Å². The maximum atomic E-state index is 2.32. The number of hydrogen-bond acceptors (Lipinski definition) is 0. The predicted molar refractivity (Wildman–Crippen MR) is 204 cm³/mol. The average Bonchev–Trinajstić information content (AvgIpc) is 3.11. The topological polar surface area (TPSA) is 0 Å². The molecule has 0 aromatic heterocycles. The second-order valence-electron chi connectivity index (χ2n) is 13.3. The van der Waals surface area contributed by atoms with Crippen LogP contribution < -0.4 is 0 Å². The molecule has 0 atom stereocenters. The van der Waals surface area contributed by atoms with Crippen molar-refractivity contribution in [2.45, 2.75) is 72.6 Å². The molecule has 6 rings (SSSR count). The molecule has 6 aromatic carbocycles. The maximum Gasteiger partial charge on any atom is -0.0152 e. The first kappa shape index (κ1) is 32.3. The summed E-state index contributed by atoms with van der Waals surface area (Å²) in [4.78, 5) is 0. The molecule has 0 saturated heterocycles. The van der Waals surface area contributed by atoms with Gasteiger partial charge in [0.2, 0.25) is 0 Å². The monoisotopic (exact) mass is 612 g/mol. The Morgan fingerprint density at radius 2 is 0.596 bits per heavy atom. The molecular formula is C47H48. The van der Waals surface area contributed by atoms with Crippen molar-refractivity contribution in [3.05, 3.63) is 167 Å². The molecule has 0 heterocycles. The molecule has 0 spiro atoms. The van der Waals surface area contributed by atoms with E-state index < -0.39 is 0 Å². The minimum absolute atomic E-state index is 1.17. The van der Waals surface area contributed by atoms with Crippen LogP contribution in [-0.2, 0) is 12.8 Å². The van der Waals surface area contributed by atoms with E-state index in [1.54, 1.807) is 0 Å².